The number of aliphatic hydroxyl groups is 2. The summed E-state index contributed by atoms with van der Waals surface area (Å²) in [4.78, 5) is 0. The Kier molecular flexibility index (Phi) is 3.47. The van der Waals surface area contributed by atoms with Gasteiger partial charge < -0.3 is 10.2 Å². The summed E-state index contributed by atoms with van der Waals surface area (Å²) < 4.78 is 0. The van der Waals surface area contributed by atoms with Gasteiger partial charge in [-0.1, -0.05) is 19.8 Å². The van der Waals surface area contributed by atoms with Gasteiger partial charge in [-0.15, -0.1) is 6.42 Å². The van der Waals surface area contributed by atoms with Crippen molar-refractivity contribution < 1.29 is 10.2 Å². The molecule has 4 rings (SSSR count). The van der Waals surface area contributed by atoms with Gasteiger partial charge >= 0.3 is 0 Å². The molecule has 0 unspecified atom stereocenters. The van der Waals surface area contributed by atoms with Gasteiger partial charge in [0.15, 0.2) is 0 Å². The summed E-state index contributed by atoms with van der Waals surface area (Å²) in [6.07, 6.45) is 15.6. The SMILES string of the molecule is C#C[C@@]1(O)CC[C@H]2[C@@H]3CC[C@H]4C[C@H](O)CC[C@]4(C)[C@H]3CC[C@@]21C. The fourth-order valence-corrected chi connectivity index (χ4v) is 7.49. The standard InChI is InChI=1S/C21H32O2/c1-4-21(23)12-9-18-16-6-5-14-13-15(22)7-10-19(14,2)17(16)8-11-20(18,21)3/h1,14-18,22-23H,5-13H2,2-3H3/t14-,15+,16+,17-,18-,19-,20-,21+/m0/s1. The Labute approximate surface area is 141 Å². The van der Waals surface area contributed by atoms with Gasteiger partial charge in [-0.2, -0.15) is 0 Å². The van der Waals surface area contributed by atoms with Crippen LogP contribution in [0.15, 0.2) is 0 Å². The van der Waals surface area contributed by atoms with E-state index in [0.29, 0.717) is 17.3 Å². The van der Waals surface area contributed by atoms with Crippen molar-refractivity contribution in [1.82, 2.24) is 0 Å². The molecule has 0 spiro atoms. The molecule has 4 saturated carbocycles. The zero-order chi connectivity index (χ0) is 16.5. The molecule has 0 saturated heterocycles. The normalized spacial score (nSPS) is 58.7. The van der Waals surface area contributed by atoms with Crippen LogP contribution < -0.4 is 0 Å². The second kappa shape index (κ2) is 4.99. The van der Waals surface area contributed by atoms with E-state index in [1.54, 1.807) is 0 Å². The quantitative estimate of drug-likeness (QED) is 0.668. The highest BCUT2D eigenvalue weighted by Crippen LogP contribution is 2.68. The number of fused-ring (bicyclic) bond motifs is 5. The monoisotopic (exact) mass is 316 g/mol. The minimum atomic E-state index is -0.886. The fraction of sp³-hybridized carbons (Fsp3) is 0.905. The highest BCUT2D eigenvalue weighted by molar-refractivity contribution is 5.23. The molecule has 8 atom stereocenters. The average molecular weight is 316 g/mol. The maximum absolute atomic E-state index is 11.0. The largest absolute Gasteiger partial charge is 0.393 e. The van der Waals surface area contributed by atoms with E-state index in [9.17, 15) is 10.2 Å². The van der Waals surface area contributed by atoms with E-state index in [1.807, 2.05) is 0 Å². The maximum atomic E-state index is 11.0. The molecule has 2 N–H and O–H groups in total. The van der Waals surface area contributed by atoms with E-state index in [4.69, 9.17) is 6.42 Å². The molecular weight excluding hydrogens is 284 g/mol. The van der Waals surface area contributed by atoms with Gasteiger partial charge in [0.25, 0.3) is 0 Å². The molecule has 4 aliphatic carbocycles. The van der Waals surface area contributed by atoms with Gasteiger partial charge in [-0.3, -0.25) is 0 Å². The summed E-state index contributed by atoms with van der Waals surface area (Å²) in [6, 6.07) is 0. The summed E-state index contributed by atoms with van der Waals surface area (Å²) in [5.74, 6) is 5.56. The molecule has 128 valence electrons. The summed E-state index contributed by atoms with van der Waals surface area (Å²) in [5, 5.41) is 21.1. The Morgan fingerprint density at radius 2 is 1.70 bits per heavy atom. The molecule has 4 fully saturated rings. The first kappa shape index (κ1) is 16.0. The average Bonchev–Trinajstić information content (AvgIpc) is 2.80. The number of hydrogen-bond donors (Lipinski definition) is 2. The summed E-state index contributed by atoms with van der Waals surface area (Å²) >= 11 is 0. The van der Waals surface area contributed by atoms with Crippen LogP contribution in [0.3, 0.4) is 0 Å². The molecule has 0 heterocycles. The fourth-order valence-electron chi connectivity index (χ4n) is 7.49. The Hall–Kier alpha value is -0.520. The minimum absolute atomic E-state index is 0.0727. The number of terminal acetylenes is 1. The van der Waals surface area contributed by atoms with Gasteiger partial charge in [-0.25, -0.2) is 0 Å². The number of aliphatic hydroxyl groups excluding tert-OH is 1. The second-order valence-electron chi connectivity index (χ2n) is 9.58. The van der Waals surface area contributed by atoms with E-state index < -0.39 is 5.60 Å². The van der Waals surface area contributed by atoms with E-state index >= 15 is 0 Å². The first-order chi connectivity index (χ1) is 10.8. The lowest BCUT2D eigenvalue weighted by Gasteiger charge is -2.61. The molecule has 0 aliphatic heterocycles. The van der Waals surface area contributed by atoms with Gasteiger partial charge in [0.05, 0.1) is 6.10 Å². The van der Waals surface area contributed by atoms with E-state index in [-0.39, 0.29) is 11.5 Å². The number of rotatable bonds is 0. The molecule has 2 nitrogen and oxygen atoms in total. The van der Waals surface area contributed by atoms with E-state index in [0.717, 1.165) is 43.9 Å². The predicted molar refractivity (Wildman–Crippen MR) is 91.5 cm³/mol. The zero-order valence-electron chi connectivity index (χ0n) is 14.7. The predicted octanol–water partition coefficient (Wildman–Crippen LogP) is 3.75. The van der Waals surface area contributed by atoms with Crippen LogP contribution in [0.4, 0.5) is 0 Å². The first-order valence-electron chi connectivity index (χ1n) is 9.72. The number of hydrogen-bond acceptors (Lipinski definition) is 2. The van der Waals surface area contributed by atoms with Crippen LogP contribution in [0.1, 0.15) is 71.6 Å². The molecular formula is C21H32O2. The zero-order valence-corrected chi connectivity index (χ0v) is 14.7. The van der Waals surface area contributed by atoms with Crippen molar-refractivity contribution in [2.45, 2.75) is 83.3 Å². The van der Waals surface area contributed by atoms with Crippen molar-refractivity contribution in [3.8, 4) is 12.3 Å². The van der Waals surface area contributed by atoms with Crippen molar-refractivity contribution in [3.63, 3.8) is 0 Å². The van der Waals surface area contributed by atoms with Crippen molar-refractivity contribution in [2.24, 2.45) is 34.5 Å². The minimum Gasteiger partial charge on any atom is -0.393 e. The summed E-state index contributed by atoms with van der Waals surface area (Å²) in [7, 11) is 0. The molecule has 4 aliphatic rings. The molecule has 0 radical (unpaired) electrons. The summed E-state index contributed by atoms with van der Waals surface area (Å²) in [5.41, 5.74) is -0.566. The Morgan fingerprint density at radius 1 is 0.957 bits per heavy atom. The Balaban J connectivity index is 1.65. The molecule has 0 aromatic carbocycles. The lowest BCUT2D eigenvalue weighted by atomic mass is 9.44. The topological polar surface area (TPSA) is 40.5 Å². The Bertz CT molecular complexity index is 536. The third kappa shape index (κ3) is 1.96. The molecule has 0 amide bonds. The van der Waals surface area contributed by atoms with Gasteiger partial charge in [-0.05, 0) is 86.9 Å². The first-order valence-corrected chi connectivity index (χ1v) is 9.72. The molecule has 0 aromatic heterocycles. The third-order valence-corrected chi connectivity index (χ3v) is 9.03. The van der Waals surface area contributed by atoms with Crippen LogP contribution in [-0.4, -0.2) is 21.9 Å². The third-order valence-electron chi connectivity index (χ3n) is 9.03. The summed E-state index contributed by atoms with van der Waals surface area (Å²) in [6.45, 7) is 4.77. The highest BCUT2D eigenvalue weighted by Gasteiger charge is 2.64. The molecule has 0 bridgehead atoms. The molecule has 23 heavy (non-hydrogen) atoms. The lowest BCUT2D eigenvalue weighted by molar-refractivity contribution is -0.144. The van der Waals surface area contributed by atoms with Gasteiger partial charge in [0.1, 0.15) is 5.60 Å². The van der Waals surface area contributed by atoms with Crippen LogP contribution in [-0.2, 0) is 0 Å². The van der Waals surface area contributed by atoms with Gasteiger partial charge in [0.2, 0.25) is 0 Å². The van der Waals surface area contributed by atoms with Crippen LogP contribution in [0.5, 0.6) is 0 Å². The van der Waals surface area contributed by atoms with Crippen LogP contribution >= 0.6 is 0 Å². The lowest BCUT2D eigenvalue weighted by Crippen LogP contribution is -2.56. The second-order valence-corrected chi connectivity index (χ2v) is 9.58. The van der Waals surface area contributed by atoms with Crippen LogP contribution in [0.25, 0.3) is 0 Å². The maximum Gasteiger partial charge on any atom is 0.130 e. The smallest absolute Gasteiger partial charge is 0.130 e. The molecule has 2 heteroatoms. The van der Waals surface area contributed by atoms with Crippen molar-refractivity contribution in [3.05, 3.63) is 0 Å². The van der Waals surface area contributed by atoms with E-state index in [1.165, 1.54) is 25.7 Å². The van der Waals surface area contributed by atoms with Crippen molar-refractivity contribution in [2.75, 3.05) is 0 Å². The van der Waals surface area contributed by atoms with Crippen LogP contribution in [0, 0.1) is 46.8 Å². The van der Waals surface area contributed by atoms with Gasteiger partial charge in [0, 0.05) is 5.41 Å². The van der Waals surface area contributed by atoms with Crippen molar-refractivity contribution in [1.29, 1.82) is 0 Å². The van der Waals surface area contributed by atoms with Crippen LogP contribution in [0.2, 0.25) is 0 Å². The Morgan fingerprint density at radius 3 is 2.43 bits per heavy atom. The molecule has 0 aromatic rings. The van der Waals surface area contributed by atoms with E-state index in [2.05, 4.69) is 19.8 Å². The van der Waals surface area contributed by atoms with Crippen molar-refractivity contribution >= 4 is 0 Å². The highest BCUT2D eigenvalue weighted by atomic mass is 16.3.